The molecule has 0 unspecified atom stereocenters. The molecule has 0 saturated carbocycles. The van der Waals surface area contributed by atoms with Crippen molar-refractivity contribution in [2.45, 2.75) is 58.5 Å². The highest BCUT2D eigenvalue weighted by atomic mass is 19.4. The molecule has 0 aliphatic heterocycles. The number of hydrogen-bond donors (Lipinski definition) is 1. The van der Waals surface area contributed by atoms with E-state index < -0.39 is 11.7 Å². The van der Waals surface area contributed by atoms with Gasteiger partial charge in [0.05, 0.1) is 18.4 Å². The molecule has 0 radical (unpaired) electrons. The molecule has 0 aliphatic carbocycles. The Kier molecular flexibility index (Phi) is 6.92. The third-order valence-corrected chi connectivity index (χ3v) is 5.52. The van der Waals surface area contributed by atoms with Crippen LogP contribution in [0.15, 0.2) is 60.7 Å². The van der Waals surface area contributed by atoms with Gasteiger partial charge in [-0.25, -0.2) is 0 Å². The zero-order chi connectivity index (χ0) is 25.3. The van der Waals surface area contributed by atoms with E-state index >= 15 is 0 Å². The molecule has 1 N–H and O–H groups in total. The minimum Gasteiger partial charge on any atom is -0.497 e. The summed E-state index contributed by atoms with van der Waals surface area (Å²) in [7, 11) is 1.55. The first-order valence-corrected chi connectivity index (χ1v) is 11.1. The summed E-state index contributed by atoms with van der Waals surface area (Å²) in [6.07, 6.45) is -4.42. The molecule has 0 heterocycles. The lowest BCUT2D eigenvalue weighted by Crippen LogP contribution is -2.16. The molecule has 0 spiro atoms. The van der Waals surface area contributed by atoms with Crippen molar-refractivity contribution in [3.8, 4) is 17.2 Å². The van der Waals surface area contributed by atoms with Crippen LogP contribution in [0.3, 0.4) is 0 Å². The van der Waals surface area contributed by atoms with Crippen LogP contribution < -0.4 is 14.8 Å². The molecule has 0 bridgehead atoms. The average Bonchev–Trinajstić information content (AvgIpc) is 2.73. The first-order chi connectivity index (χ1) is 15.7. The van der Waals surface area contributed by atoms with Gasteiger partial charge in [-0.2, -0.15) is 13.2 Å². The van der Waals surface area contributed by atoms with E-state index in [1.165, 1.54) is 6.07 Å². The van der Waals surface area contributed by atoms with E-state index in [-0.39, 0.29) is 10.8 Å². The van der Waals surface area contributed by atoms with Gasteiger partial charge in [0.2, 0.25) is 0 Å². The summed E-state index contributed by atoms with van der Waals surface area (Å²) < 4.78 is 51.2. The number of benzene rings is 3. The van der Waals surface area contributed by atoms with Crippen molar-refractivity contribution in [2.75, 3.05) is 12.4 Å². The van der Waals surface area contributed by atoms with Crippen molar-refractivity contribution in [2.24, 2.45) is 0 Å². The number of alkyl halides is 3. The first kappa shape index (κ1) is 25.5. The normalized spacial score (nSPS) is 12.4. The highest BCUT2D eigenvalue weighted by Crippen LogP contribution is 2.39. The fraction of sp³-hybridized carbons (Fsp3) is 0.357. The predicted molar refractivity (Wildman–Crippen MR) is 132 cm³/mol. The molecule has 0 fully saturated rings. The Morgan fingerprint density at radius 1 is 0.676 bits per heavy atom. The van der Waals surface area contributed by atoms with E-state index in [4.69, 9.17) is 9.47 Å². The Bertz CT molecular complexity index is 1120. The molecule has 0 saturated heterocycles. The van der Waals surface area contributed by atoms with E-state index in [0.29, 0.717) is 28.6 Å². The van der Waals surface area contributed by atoms with Gasteiger partial charge >= 0.3 is 6.18 Å². The smallest absolute Gasteiger partial charge is 0.416 e. The summed E-state index contributed by atoms with van der Waals surface area (Å²) in [6, 6.07) is 16.5. The van der Waals surface area contributed by atoms with Gasteiger partial charge in [0.15, 0.2) is 5.75 Å². The van der Waals surface area contributed by atoms with Crippen molar-refractivity contribution in [1.82, 2.24) is 0 Å². The number of rotatable bonds is 5. The fourth-order valence-corrected chi connectivity index (χ4v) is 3.40. The molecule has 3 nitrogen and oxygen atoms in total. The molecule has 3 rings (SSSR count). The molecule has 0 aromatic heterocycles. The van der Waals surface area contributed by atoms with Crippen LogP contribution in [0.25, 0.3) is 0 Å². The van der Waals surface area contributed by atoms with Crippen molar-refractivity contribution < 1.29 is 22.6 Å². The highest BCUT2D eigenvalue weighted by Gasteiger charge is 2.30. The van der Waals surface area contributed by atoms with Gasteiger partial charge in [0.1, 0.15) is 11.5 Å². The minimum absolute atomic E-state index is 0.0904. The first-order valence-electron chi connectivity index (χ1n) is 11.1. The molecule has 182 valence electrons. The Balaban J connectivity index is 2.04. The third kappa shape index (κ3) is 6.25. The van der Waals surface area contributed by atoms with Gasteiger partial charge in [-0.15, -0.1) is 0 Å². The summed E-state index contributed by atoms with van der Waals surface area (Å²) >= 11 is 0. The van der Waals surface area contributed by atoms with Crippen molar-refractivity contribution in [3.05, 3.63) is 77.4 Å². The maximum atomic E-state index is 13.2. The lowest BCUT2D eigenvalue weighted by Gasteiger charge is -2.26. The van der Waals surface area contributed by atoms with Crippen LogP contribution in [-0.4, -0.2) is 7.11 Å². The molecule has 0 amide bonds. The van der Waals surface area contributed by atoms with Crippen LogP contribution in [0, 0.1) is 0 Å². The second-order valence-electron chi connectivity index (χ2n) is 10.4. The maximum Gasteiger partial charge on any atom is 0.416 e. The second kappa shape index (κ2) is 9.24. The summed E-state index contributed by atoms with van der Waals surface area (Å²) in [6.45, 7) is 12.9. The number of ether oxygens (including phenoxy) is 2. The molecule has 6 heteroatoms. The van der Waals surface area contributed by atoms with E-state index in [9.17, 15) is 13.2 Å². The monoisotopic (exact) mass is 471 g/mol. The van der Waals surface area contributed by atoms with Crippen molar-refractivity contribution in [1.29, 1.82) is 0 Å². The Hall–Kier alpha value is -3.15. The zero-order valence-corrected chi connectivity index (χ0v) is 20.7. The van der Waals surface area contributed by atoms with Crippen molar-refractivity contribution in [3.63, 3.8) is 0 Å². The van der Waals surface area contributed by atoms with Gasteiger partial charge in [-0.05, 0) is 64.4 Å². The van der Waals surface area contributed by atoms with E-state index in [1.807, 2.05) is 12.1 Å². The van der Waals surface area contributed by atoms with Crippen LogP contribution in [0.2, 0.25) is 0 Å². The maximum absolute atomic E-state index is 13.2. The molecule has 3 aromatic rings. The molecule has 3 aromatic carbocycles. The third-order valence-electron chi connectivity index (χ3n) is 5.52. The molecule has 0 atom stereocenters. The topological polar surface area (TPSA) is 30.5 Å². The van der Waals surface area contributed by atoms with Gasteiger partial charge in [-0.3, -0.25) is 0 Å². The SMILES string of the molecule is COc1ccc(Nc2cccc(C(F)(F)F)c2)c(Oc2cc(C(C)(C)C)cc(C(C)(C)C)c2)c1. The number of halogens is 3. The predicted octanol–water partition coefficient (Wildman–Crippen LogP) is 8.84. The molecule has 0 aliphatic rings. The van der Waals surface area contributed by atoms with Crippen LogP contribution in [0.5, 0.6) is 17.2 Å². The highest BCUT2D eigenvalue weighted by molar-refractivity contribution is 5.68. The summed E-state index contributed by atoms with van der Waals surface area (Å²) in [5.74, 6) is 1.67. The van der Waals surface area contributed by atoms with Gasteiger partial charge in [0, 0.05) is 11.8 Å². The van der Waals surface area contributed by atoms with Gasteiger partial charge in [-0.1, -0.05) is 53.7 Å². The standard InChI is InChI=1S/C28H32F3NO2/c1-26(2,3)19-13-20(27(4,5)6)16-23(15-19)34-25-17-22(33-7)11-12-24(25)32-21-10-8-9-18(14-21)28(29,30)31/h8-17,32H,1-7H3. The van der Waals surface area contributed by atoms with Crippen molar-refractivity contribution >= 4 is 11.4 Å². The summed E-state index contributed by atoms with van der Waals surface area (Å²) in [5.41, 5.74) is 2.19. The molecule has 34 heavy (non-hydrogen) atoms. The summed E-state index contributed by atoms with van der Waals surface area (Å²) in [5, 5.41) is 3.07. The number of anilines is 2. The van der Waals surface area contributed by atoms with E-state index in [0.717, 1.165) is 23.3 Å². The number of nitrogens with one attached hydrogen (secondary N) is 1. The van der Waals surface area contributed by atoms with Crippen LogP contribution >= 0.6 is 0 Å². The second-order valence-corrected chi connectivity index (χ2v) is 10.4. The van der Waals surface area contributed by atoms with Crippen LogP contribution in [0.4, 0.5) is 24.5 Å². The molecular formula is C28H32F3NO2. The summed E-state index contributed by atoms with van der Waals surface area (Å²) in [4.78, 5) is 0. The Labute approximate surface area is 199 Å². The minimum atomic E-state index is -4.42. The fourth-order valence-electron chi connectivity index (χ4n) is 3.40. The Morgan fingerprint density at radius 3 is 1.82 bits per heavy atom. The average molecular weight is 472 g/mol. The van der Waals surface area contributed by atoms with E-state index in [1.54, 1.807) is 31.4 Å². The van der Waals surface area contributed by atoms with Gasteiger partial charge in [0.25, 0.3) is 0 Å². The largest absolute Gasteiger partial charge is 0.497 e. The number of hydrogen-bond acceptors (Lipinski definition) is 3. The quantitative estimate of drug-likeness (QED) is 0.403. The lowest BCUT2D eigenvalue weighted by atomic mass is 9.80. The Morgan fingerprint density at radius 2 is 1.29 bits per heavy atom. The lowest BCUT2D eigenvalue weighted by molar-refractivity contribution is -0.137. The number of methoxy groups -OCH3 is 1. The van der Waals surface area contributed by atoms with Crippen LogP contribution in [0.1, 0.15) is 58.2 Å². The zero-order valence-electron chi connectivity index (χ0n) is 20.7. The van der Waals surface area contributed by atoms with Gasteiger partial charge < -0.3 is 14.8 Å². The van der Waals surface area contributed by atoms with Crippen LogP contribution in [-0.2, 0) is 17.0 Å². The molecular weight excluding hydrogens is 439 g/mol. The van der Waals surface area contributed by atoms with E-state index in [2.05, 4.69) is 52.9 Å².